The zero-order valence-electron chi connectivity index (χ0n) is 12.6. The first-order valence-corrected chi connectivity index (χ1v) is 8.70. The van der Waals surface area contributed by atoms with E-state index in [4.69, 9.17) is 0 Å². The molecular weight excluding hydrogens is 317 g/mol. The van der Waals surface area contributed by atoms with Crippen molar-refractivity contribution in [2.24, 2.45) is 0 Å². The Morgan fingerprint density at radius 1 is 1.09 bits per heavy atom. The van der Waals surface area contributed by atoms with Crippen LogP contribution in [0.2, 0.25) is 0 Å². The Kier molecular flexibility index (Phi) is 4.04. The van der Waals surface area contributed by atoms with Crippen molar-refractivity contribution in [1.29, 1.82) is 0 Å². The molecule has 3 rings (SSSR count). The molecule has 0 unspecified atom stereocenters. The largest absolute Gasteiger partial charge is 0.294 e. The van der Waals surface area contributed by atoms with E-state index in [1.165, 1.54) is 22.5 Å². The number of aryl methyl sites for hydroxylation is 1. The SMILES string of the molecule is Cc1ccc(S(=O)(=O)N2CCC(=O)c3cc(F)ccc3C2)cc1. The maximum Gasteiger partial charge on any atom is 0.243 e. The number of sulfonamides is 1. The van der Waals surface area contributed by atoms with Crippen LogP contribution in [0.15, 0.2) is 47.4 Å². The summed E-state index contributed by atoms with van der Waals surface area (Å²) in [7, 11) is -3.69. The van der Waals surface area contributed by atoms with Gasteiger partial charge in [0.25, 0.3) is 0 Å². The Bertz CT molecular complexity index is 860. The van der Waals surface area contributed by atoms with Crippen LogP contribution in [0.25, 0.3) is 0 Å². The molecule has 6 heteroatoms. The number of carbonyl (C=O) groups excluding carboxylic acids is 1. The first-order valence-electron chi connectivity index (χ1n) is 7.26. The van der Waals surface area contributed by atoms with Crippen LogP contribution in [0, 0.1) is 12.7 Å². The topological polar surface area (TPSA) is 54.5 Å². The smallest absolute Gasteiger partial charge is 0.243 e. The van der Waals surface area contributed by atoms with Crippen molar-refractivity contribution < 1.29 is 17.6 Å². The van der Waals surface area contributed by atoms with E-state index in [0.717, 1.165) is 5.56 Å². The van der Waals surface area contributed by atoms with Crippen LogP contribution in [0.3, 0.4) is 0 Å². The molecule has 0 atom stereocenters. The number of carbonyl (C=O) groups is 1. The van der Waals surface area contributed by atoms with Gasteiger partial charge in [-0.05, 0) is 36.8 Å². The molecule has 4 nitrogen and oxygen atoms in total. The average Bonchev–Trinajstić information content (AvgIpc) is 2.68. The third-order valence-corrected chi connectivity index (χ3v) is 5.83. The summed E-state index contributed by atoms with van der Waals surface area (Å²) in [5, 5.41) is 0. The minimum absolute atomic E-state index is 0.0432. The van der Waals surface area contributed by atoms with Crippen LogP contribution in [0.1, 0.15) is 27.9 Å². The summed E-state index contributed by atoms with van der Waals surface area (Å²) >= 11 is 0. The zero-order valence-corrected chi connectivity index (χ0v) is 13.4. The van der Waals surface area contributed by atoms with E-state index < -0.39 is 15.8 Å². The van der Waals surface area contributed by atoms with Crippen LogP contribution < -0.4 is 0 Å². The molecule has 0 aliphatic carbocycles. The standard InChI is InChI=1S/C17H16FNO3S/c1-12-2-6-15(7-3-12)23(21,22)19-9-8-17(20)16-10-14(18)5-4-13(16)11-19/h2-7,10H,8-9,11H2,1H3. The van der Waals surface area contributed by atoms with E-state index in [-0.39, 0.29) is 35.8 Å². The van der Waals surface area contributed by atoms with Gasteiger partial charge in [0.15, 0.2) is 5.78 Å². The molecule has 2 aromatic rings. The van der Waals surface area contributed by atoms with Crippen molar-refractivity contribution in [3.63, 3.8) is 0 Å². The molecule has 1 heterocycles. The molecule has 1 aliphatic heterocycles. The molecule has 0 fully saturated rings. The van der Waals surface area contributed by atoms with Crippen molar-refractivity contribution in [2.45, 2.75) is 24.8 Å². The lowest BCUT2D eigenvalue weighted by molar-refractivity contribution is 0.0981. The maximum absolute atomic E-state index is 13.4. The minimum Gasteiger partial charge on any atom is -0.294 e. The molecule has 0 saturated heterocycles. The molecule has 2 aromatic carbocycles. The number of fused-ring (bicyclic) bond motifs is 1. The van der Waals surface area contributed by atoms with Gasteiger partial charge in [-0.15, -0.1) is 0 Å². The van der Waals surface area contributed by atoms with Gasteiger partial charge in [-0.25, -0.2) is 12.8 Å². The van der Waals surface area contributed by atoms with Crippen molar-refractivity contribution in [1.82, 2.24) is 4.31 Å². The molecule has 0 saturated carbocycles. The number of nitrogens with zero attached hydrogens (tertiary/aromatic N) is 1. The van der Waals surface area contributed by atoms with Gasteiger partial charge < -0.3 is 0 Å². The van der Waals surface area contributed by atoms with Crippen LogP contribution in [-0.4, -0.2) is 25.1 Å². The lowest BCUT2D eigenvalue weighted by atomic mass is 10.0. The van der Waals surface area contributed by atoms with Gasteiger partial charge in [0.05, 0.1) is 4.90 Å². The summed E-state index contributed by atoms with van der Waals surface area (Å²) in [6.07, 6.45) is 0.0432. The molecule has 0 amide bonds. The molecule has 120 valence electrons. The molecule has 0 N–H and O–H groups in total. The number of halogens is 1. The summed E-state index contributed by atoms with van der Waals surface area (Å²) < 4.78 is 40.2. The second-order valence-electron chi connectivity index (χ2n) is 5.63. The Morgan fingerprint density at radius 3 is 2.48 bits per heavy atom. The van der Waals surface area contributed by atoms with E-state index in [9.17, 15) is 17.6 Å². The predicted octanol–water partition coefficient (Wildman–Crippen LogP) is 2.91. The van der Waals surface area contributed by atoms with E-state index >= 15 is 0 Å². The number of ketones is 1. The molecule has 23 heavy (non-hydrogen) atoms. The van der Waals surface area contributed by atoms with Crippen molar-refractivity contribution in [3.8, 4) is 0 Å². The van der Waals surface area contributed by atoms with Crippen LogP contribution in [0.5, 0.6) is 0 Å². The summed E-state index contributed by atoms with van der Waals surface area (Å²) in [6.45, 7) is 2.04. The van der Waals surface area contributed by atoms with Gasteiger partial charge in [0.2, 0.25) is 10.0 Å². The molecule has 0 spiro atoms. The first-order chi connectivity index (χ1) is 10.9. The summed E-state index contributed by atoms with van der Waals surface area (Å²) in [5.41, 5.74) is 1.77. The molecule has 0 bridgehead atoms. The fourth-order valence-electron chi connectivity index (χ4n) is 2.64. The van der Waals surface area contributed by atoms with Gasteiger partial charge in [-0.3, -0.25) is 4.79 Å². The van der Waals surface area contributed by atoms with E-state index in [1.807, 2.05) is 6.92 Å². The number of hydrogen-bond donors (Lipinski definition) is 0. The van der Waals surface area contributed by atoms with E-state index in [2.05, 4.69) is 0 Å². The Balaban J connectivity index is 1.99. The normalized spacial score (nSPS) is 16.0. The predicted molar refractivity (Wildman–Crippen MR) is 84.1 cm³/mol. The fourth-order valence-corrected chi connectivity index (χ4v) is 4.06. The Labute approximate surface area is 134 Å². The lowest BCUT2D eigenvalue weighted by Gasteiger charge is -2.20. The average molecular weight is 333 g/mol. The van der Waals surface area contributed by atoms with Gasteiger partial charge in [-0.2, -0.15) is 4.31 Å². The second kappa shape index (κ2) is 5.86. The van der Waals surface area contributed by atoms with Crippen molar-refractivity contribution in [2.75, 3.05) is 6.54 Å². The van der Waals surface area contributed by atoms with Gasteiger partial charge >= 0.3 is 0 Å². The number of hydrogen-bond acceptors (Lipinski definition) is 3. The number of rotatable bonds is 2. The quantitative estimate of drug-likeness (QED) is 0.849. The van der Waals surface area contributed by atoms with E-state index in [0.29, 0.717) is 5.56 Å². The number of Topliss-reactive ketones (excluding diaryl/α,β-unsaturated/α-hetero) is 1. The third-order valence-electron chi connectivity index (χ3n) is 3.97. The highest BCUT2D eigenvalue weighted by Crippen LogP contribution is 2.25. The van der Waals surface area contributed by atoms with Crippen molar-refractivity contribution >= 4 is 15.8 Å². The van der Waals surface area contributed by atoms with Gasteiger partial charge in [0, 0.05) is 25.1 Å². The zero-order chi connectivity index (χ0) is 16.6. The Hall–Kier alpha value is -2.05. The highest BCUT2D eigenvalue weighted by Gasteiger charge is 2.29. The Morgan fingerprint density at radius 2 is 1.78 bits per heavy atom. The van der Waals surface area contributed by atoms with Gasteiger partial charge in [-0.1, -0.05) is 23.8 Å². The number of benzene rings is 2. The van der Waals surface area contributed by atoms with Gasteiger partial charge in [0.1, 0.15) is 5.82 Å². The molecule has 1 aliphatic rings. The highest BCUT2D eigenvalue weighted by atomic mass is 32.2. The molecule has 0 aromatic heterocycles. The van der Waals surface area contributed by atoms with Crippen molar-refractivity contribution in [3.05, 3.63) is 65.0 Å². The second-order valence-corrected chi connectivity index (χ2v) is 7.56. The molecular formula is C17H16FNO3S. The summed E-state index contributed by atoms with van der Waals surface area (Å²) in [5.74, 6) is -0.729. The minimum atomic E-state index is -3.69. The van der Waals surface area contributed by atoms with E-state index in [1.54, 1.807) is 24.3 Å². The monoisotopic (exact) mass is 333 g/mol. The fraction of sp³-hybridized carbons (Fsp3) is 0.235. The van der Waals surface area contributed by atoms with Crippen LogP contribution in [-0.2, 0) is 16.6 Å². The highest BCUT2D eigenvalue weighted by molar-refractivity contribution is 7.89. The summed E-state index contributed by atoms with van der Waals surface area (Å²) in [4.78, 5) is 12.3. The summed E-state index contributed by atoms with van der Waals surface area (Å²) in [6, 6.07) is 10.5. The lowest BCUT2D eigenvalue weighted by Crippen LogP contribution is -2.31. The van der Waals surface area contributed by atoms with Crippen LogP contribution in [0.4, 0.5) is 4.39 Å². The molecule has 0 radical (unpaired) electrons. The van der Waals surface area contributed by atoms with Crippen LogP contribution >= 0.6 is 0 Å². The maximum atomic E-state index is 13.4. The first kappa shape index (κ1) is 15.8. The third kappa shape index (κ3) is 3.04.